The third-order valence-electron chi connectivity index (χ3n) is 1.99. The van der Waals surface area contributed by atoms with Crippen LogP contribution in [0.15, 0.2) is 0 Å². The van der Waals surface area contributed by atoms with Crippen molar-refractivity contribution in [2.45, 2.75) is 37.9 Å². The summed E-state index contributed by atoms with van der Waals surface area (Å²) in [6, 6.07) is 0. The number of carboxylic acids is 1. The van der Waals surface area contributed by atoms with Gasteiger partial charge in [-0.3, -0.25) is 0 Å². The van der Waals surface area contributed by atoms with Crippen LogP contribution in [0, 0.1) is 0 Å². The quantitative estimate of drug-likeness (QED) is 0.545. The normalized spacial score (nSPS) is 29.9. The Morgan fingerprint density at radius 1 is 1.50 bits per heavy atom. The van der Waals surface area contributed by atoms with Crippen molar-refractivity contribution in [2.24, 2.45) is 0 Å². The molecule has 1 aliphatic heterocycles. The SMILES string of the molecule is CC1(C)OCC([C@@H](O)[C@@H](O)C(=O)O)O1. The highest BCUT2D eigenvalue weighted by Gasteiger charge is 2.41. The molecule has 1 saturated heterocycles. The molecule has 1 aliphatic rings. The zero-order valence-corrected chi connectivity index (χ0v) is 8.01. The van der Waals surface area contributed by atoms with Crippen molar-refractivity contribution < 1.29 is 29.6 Å². The Morgan fingerprint density at radius 2 is 2.07 bits per heavy atom. The summed E-state index contributed by atoms with van der Waals surface area (Å²) in [5, 5.41) is 26.9. The molecule has 0 spiro atoms. The average Bonchev–Trinajstić information content (AvgIpc) is 2.43. The van der Waals surface area contributed by atoms with Gasteiger partial charge in [-0.2, -0.15) is 0 Å². The van der Waals surface area contributed by atoms with Gasteiger partial charge >= 0.3 is 5.97 Å². The van der Waals surface area contributed by atoms with Crippen LogP contribution in [-0.4, -0.2) is 52.0 Å². The molecule has 1 heterocycles. The van der Waals surface area contributed by atoms with Crippen LogP contribution in [0.3, 0.4) is 0 Å². The third kappa shape index (κ3) is 2.42. The summed E-state index contributed by atoms with van der Waals surface area (Å²) in [6.45, 7) is 3.36. The lowest BCUT2D eigenvalue weighted by molar-refractivity contribution is -0.173. The summed E-state index contributed by atoms with van der Waals surface area (Å²) in [5.74, 6) is -2.32. The topological polar surface area (TPSA) is 96.2 Å². The summed E-state index contributed by atoms with van der Waals surface area (Å²) >= 11 is 0. The molecule has 3 atom stereocenters. The summed E-state index contributed by atoms with van der Waals surface area (Å²) < 4.78 is 10.3. The monoisotopic (exact) mass is 206 g/mol. The number of hydrogen-bond acceptors (Lipinski definition) is 5. The van der Waals surface area contributed by atoms with E-state index < -0.39 is 30.1 Å². The van der Waals surface area contributed by atoms with Gasteiger partial charge in [0, 0.05) is 0 Å². The Labute approximate surface area is 81.1 Å². The molecule has 1 unspecified atom stereocenters. The van der Waals surface area contributed by atoms with Crippen LogP contribution in [0.5, 0.6) is 0 Å². The van der Waals surface area contributed by atoms with Gasteiger partial charge in [-0.25, -0.2) is 4.79 Å². The minimum atomic E-state index is -1.85. The smallest absolute Gasteiger partial charge is 0.335 e. The van der Waals surface area contributed by atoms with Gasteiger partial charge in [0.15, 0.2) is 11.9 Å². The second-order valence-electron chi connectivity index (χ2n) is 3.64. The van der Waals surface area contributed by atoms with Gasteiger partial charge in [-0.15, -0.1) is 0 Å². The number of carbonyl (C=O) groups is 1. The lowest BCUT2D eigenvalue weighted by atomic mass is 10.1. The highest BCUT2D eigenvalue weighted by molar-refractivity contribution is 5.72. The van der Waals surface area contributed by atoms with Gasteiger partial charge in [0.2, 0.25) is 0 Å². The number of rotatable bonds is 3. The number of carboxylic acid groups (broad SMARTS) is 1. The minimum absolute atomic E-state index is 0.0680. The number of aliphatic hydroxyl groups excluding tert-OH is 2. The van der Waals surface area contributed by atoms with Crippen LogP contribution in [0.2, 0.25) is 0 Å². The predicted octanol–water partition coefficient (Wildman–Crippen LogP) is -1.06. The standard InChI is InChI=1S/C8H14O6/c1-8(2)13-3-4(14-8)5(9)6(10)7(11)12/h4-6,9-10H,3H2,1-2H3,(H,11,12)/t4?,5-,6-/m1/s1. The van der Waals surface area contributed by atoms with Gasteiger partial charge < -0.3 is 24.8 Å². The maximum absolute atomic E-state index is 10.4. The van der Waals surface area contributed by atoms with Gasteiger partial charge in [0.1, 0.15) is 12.2 Å². The Morgan fingerprint density at radius 3 is 2.43 bits per heavy atom. The molecule has 14 heavy (non-hydrogen) atoms. The van der Waals surface area contributed by atoms with E-state index in [1.54, 1.807) is 13.8 Å². The Bertz CT molecular complexity index is 226. The average molecular weight is 206 g/mol. The van der Waals surface area contributed by atoms with Crippen molar-refractivity contribution in [3.8, 4) is 0 Å². The molecule has 0 aromatic heterocycles. The molecule has 1 fully saturated rings. The maximum Gasteiger partial charge on any atom is 0.335 e. The zero-order chi connectivity index (χ0) is 10.9. The third-order valence-corrected chi connectivity index (χ3v) is 1.99. The van der Waals surface area contributed by atoms with Gasteiger partial charge in [-0.05, 0) is 13.8 Å². The fourth-order valence-corrected chi connectivity index (χ4v) is 1.23. The second-order valence-corrected chi connectivity index (χ2v) is 3.64. The van der Waals surface area contributed by atoms with E-state index in [1.807, 2.05) is 0 Å². The van der Waals surface area contributed by atoms with Crippen molar-refractivity contribution in [1.82, 2.24) is 0 Å². The van der Waals surface area contributed by atoms with Gasteiger partial charge in [-0.1, -0.05) is 0 Å². The highest BCUT2D eigenvalue weighted by Crippen LogP contribution is 2.25. The van der Waals surface area contributed by atoms with Crippen LogP contribution >= 0.6 is 0 Å². The first-order chi connectivity index (χ1) is 6.33. The van der Waals surface area contributed by atoms with Gasteiger partial charge in [0.05, 0.1) is 6.61 Å². The molecule has 0 aliphatic carbocycles. The van der Waals surface area contributed by atoms with Crippen molar-refractivity contribution in [3.63, 3.8) is 0 Å². The Hall–Kier alpha value is -0.690. The predicted molar refractivity (Wildman–Crippen MR) is 44.6 cm³/mol. The van der Waals surface area contributed by atoms with Gasteiger partial charge in [0.25, 0.3) is 0 Å². The molecule has 6 heteroatoms. The van der Waals surface area contributed by atoms with Crippen LogP contribution in [0.1, 0.15) is 13.8 Å². The Kier molecular flexibility index (Phi) is 3.10. The Balaban J connectivity index is 2.55. The van der Waals surface area contributed by atoms with E-state index in [0.29, 0.717) is 0 Å². The second kappa shape index (κ2) is 3.82. The van der Waals surface area contributed by atoms with Crippen molar-refractivity contribution in [2.75, 3.05) is 6.61 Å². The number of aliphatic hydroxyl groups is 2. The maximum atomic E-state index is 10.4. The largest absolute Gasteiger partial charge is 0.479 e. The summed E-state index contributed by atoms with van der Waals surface area (Å²) in [7, 11) is 0. The molecule has 82 valence electrons. The fraction of sp³-hybridized carbons (Fsp3) is 0.875. The van der Waals surface area contributed by atoms with E-state index in [9.17, 15) is 9.90 Å². The molecule has 6 nitrogen and oxygen atoms in total. The molecular weight excluding hydrogens is 192 g/mol. The number of ether oxygens (including phenoxy) is 2. The highest BCUT2D eigenvalue weighted by atomic mass is 16.7. The summed E-state index contributed by atoms with van der Waals surface area (Å²) in [4.78, 5) is 10.4. The molecule has 0 amide bonds. The van der Waals surface area contributed by atoms with E-state index in [0.717, 1.165) is 0 Å². The first-order valence-corrected chi connectivity index (χ1v) is 4.24. The lowest BCUT2D eigenvalue weighted by Gasteiger charge is -2.21. The first kappa shape index (κ1) is 11.4. The van der Waals surface area contributed by atoms with Crippen molar-refractivity contribution in [1.29, 1.82) is 0 Å². The van der Waals surface area contributed by atoms with Crippen LogP contribution in [0.4, 0.5) is 0 Å². The molecule has 0 aromatic carbocycles. The minimum Gasteiger partial charge on any atom is -0.479 e. The van der Waals surface area contributed by atoms with E-state index in [-0.39, 0.29) is 6.61 Å². The number of hydrogen-bond donors (Lipinski definition) is 3. The zero-order valence-electron chi connectivity index (χ0n) is 8.01. The first-order valence-electron chi connectivity index (χ1n) is 4.24. The van der Waals surface area contributed by atoms with E-state index in [1.165, 1.54) is 0 Å². The molecule has 0 saturated carbocycles. The molecule has 1 rings (SSSR count). The van der Waals surface area contributed by atoms with Crippen molar-refractivity contribution >= 4 is 5.97 Å². The van der Waals surface area contributed by atoms with Crippen LogP contribution < -0.4 is 0 Å². The fourth-order valence-electron chi connectivity index (χ4n) is 1.23. The molecule has 3 N–H and O–H groups in total. The van der Waals surface area contributed by atoms with Crippen LogP contribution in [0.25, 0.3) is 0 Å². The summed E-state index contributed by atoms with van der Waals surface area (Å²) in [5.41, 5.74) is 0. The lowest BCUT2D eigenvalue weighted by Crippen LogP contribution is -2.43. The van der Waals surface area contributed by atoms with E-state index in [4.69, 9.17) is 19.7 Å². The van der Waals surface area contributed by atoms with Crippen LogP contribution in [-0.2, 0) is 14.3 Å². The van der Waals surface area contributed by atoms with Crippen molar-refractivity contribution in [3.05, 3.63) is 0 Å². The molecule has 0 bridgehead atoms. The number of aliphatic carboxylic acids is 1. The van der Waals surface area contributed by atoms with E-state index in [2.05, 4.69) is 0 Å². The molecule has 0 radical (unpaired) electrons. The molecular formula is C8H14O6. The van der Waals surface area contributed by atoms with E-state index >= 15 is 0 Å². The summed E-state index contributed by atoms with van der Waals surface area (Å²) in [6.07, 6.45) is -4.14. The molecule has 0 aromatic rings.